The van der Waals surface area contributed by atoms with Gasteiger partial charge in [0.25, 0.3) is 0 Å². The van der Waals surface area contributed by atoms with E-state index >= 15 is 0 Å². The van der Waals surface area contributed by atoms with Gasteiger partial charge in [-0.05, 0) is 43.2 Å². The van der Waals surface area contributed by atoms with Crippen LogP contribution in [0.5, 0.6) is 0 Å². The van der Waals surface area contributed by atoms with Crippen molar-refractivity contribution in [1.29, 1.82) is 0 Å². The summed E-state index contributed by atoms with van der Waals surface area (Å²) in [4.78, 5) is 18.4. The number of halogens is 1. The van der Waals surface area contributed by atoms with Gasteiger partial charge in [-0.15, -0.1) is 11.8 Å². The molecule has 0 aliphatic rings. The molecule has 0 aliphatic heterocycles. The summed E-state index contributed by atoms with van der Waals surface area (Å²) in [5.41, 5.74) is 3.71. The number of para-hydroxylation sites is 1. The lowest BCUT2D eigenvalue weighted by molar-refractivity contribution is 0.103. The van der Waals surface area contributed by atoms with Gasteiger partial charge >= 0.3 is 0 Å². The zero-order chi connectivity index (χ0) is 19.1. The van der Waals surface area contributed by atoms with E-state index in [4.69, 9.17) is 0 Å². The van der Waals surface area contributed by atoms with Crippen molar-refractivity contribution in [3.8, 4) is 0 Å². The minimum absolute atomic E-state index is 0.0155. The van der Waals surface area contributed by atoms with Crippen molar-refractivity contribution in [3.05, 3.63) is 70.7 Å². The number of aromatic nitrogens is 1. The zero-order valence-corrected chi connectivity index (χ0v) is 16.5. The first-order valence-corrected chi connectivity index (χ1v) is 9.37. The molecule has 0 saturated carbocycles. The normalized spacial score (nSPS) is 11.8. The van der Waals surface area contributed by atoms with E-state index in [1.807, 2.05) is 19.1 Å². The van der Waals surface area contributed by atoms with E-state index in [0.717, 1.165) is 16.0 Å². The molecule has 1 heterocycles. The molecule has 0 amide bonds. The Balaban J connectivity index is 2.12. The Bertz CT molecular complexity index is 1000. The van der Waals surface area contributed by atoms with Crippen LogP contribution in [0.1, 0.15) is 47.8 Å². The van der Waals surface area contributed by atoms with Crippen LogP contribution in [-0.2, 0) is 0 Å². The van der Waals surface area contributed by atoms with E-state index in [-0.39, 0.29) is 21.9 Å². The third-order valence-corrected chi connectivity index (χ3v) is 5.60. The van der Waals surface area contributed by atoms with Crippen molar-refractivity contribution in [2.75, 3.05) is 0 Å². The molecule has 0 atom stereocenters. The minimum Gasteiger partial charge on any atom is -0.289 e. The standard InChI is InChI=1S/C22H22FNOS/c1-13-9-10-17(21(14(13)2)26-22(3,4)5)20(25)16-11-15-7-6-8-18(23)19(15)24-12-16/h6-12H,1-5H3. The van der Waals surface area contributed by atoms with Gasteiger partial charge in [0.05, 0.1) is 0 Å². The summed E-state index contributed by atoms with van der Waals surface area (Å²) < 4.78 is 13.8. The van der Waals surface area contributed by atoms with Crippen molar-refractivity contribution in [3.63, 3.8) is 0 Å². The third kappa shape index (κ3) is 3.65. The van der Waals surface area contributed by atoms with Gasteiger partial charge in [0, 0.05) is 32.4 Å². The lowest BCUT2D eigenvalue weighted by Gasteiger charge is -2.22. The summed E-state index contributed by atoms with van der Waals surface area (Å²) in [6.45, 7) is 10.5. The van der Waals surface area contributed by atoms with Crippen LogP contribution >= 0.6 is 11.8 Å². The maximum Gasteiger partial charge on any atom is 0.195 e. The Morgan fingerprint density at radius 1 is 1.12 bits per heavy atom. The van der Waals surface area contributed by atoms with E-state index in [9.17, 15) is 9.18 Å². The lowest BCUT2D eigenvalue weighted by Crippen LogP contribution is -2.12. The van der Waals surface area contributed by atoms with Gasteiger partial charge in [-0.1, -0.05) is 39.0 Å². The van der Waals surface area contributed by atoms with Crippen molar-refractivity contribution in [1.82, 2.24) is 4.98 Å². The summed E-state index contributed by atoms with van der Waals surface area (Å²) in [6.07, 6.45) is 1.47. The Labute approximate surface area is 157 Å². The number of carbonyl (C=O) groups is 1. The monoisotopic (exact) mass is 367 g/mol. The molecule has 0 radical (unpaired) electrons. The molecule has 3 aromatic rings. The zero-order valence-electron chi connectivity index (χ0n) is 15.7. The van der Waals surface area contributed by atoms with E-state index in [2.05, 4.69) is 32.7 Å². The number of nitrogens with zero attached hydrogens (tertiary/aromatic N) is 1. The van der Waals surface area contributed by atoms with E-state index in [1.165, 1.54) is 12.3 Å². The summed E-state index contributed by atoms with van der Waals surface area (Å²) in [5, 5.41) is 0.629. The molecular weight excluding hydrogens is 345 g/mol. The Morgan fingerprint density at radius 3 is 2.54 bits per heavy atom. The highest BCUT2D eigenvalue weighted by Gasteiger charge is 2.22. The van der Waals surface area contributed by atoms with E-state index in [1.54, 1.807) is 30.0 Å². The highest BCUT2D eigenvalue weighted by Crippen LogP contribution is 2.38. The highest BCUT2D eigenvalue weighted by atomic mass is 32.2. The van der Waals surface area contributed by atoms with Gasteiger partial charge < -0.3 is 0 Å². The van der Waals surface area contributed by atoms with Gasteiger partial charge in [0.15, 0.2) is 5.78 Å². The first-order chi connectivity index (χ1) is 12.2. The van der Waals surface area contributed by atoms with Crippen LogP contribution in [0.4, 0.5) is 4.39 Å². The number of pyridine rings is 1. The van der Waals surface area contributed by atoms with Crippen LogP contribution in [0, 0.1) is 19.7 Å². The quantitative estimate of drug-likeness (QED) is 0.413. The summed E-state index contributed by atoms with van der Waals surface area (Å²) in [7, 11) is 0. The molecule has 0 N–H and O–H groups in total. The average molecular weight is 367 g/mol. The Morgan fingerprint density at radius 2 is 1.85 bits per heavy atom. The first kappa shape index (κ1) is 18.6. The van der Waals surface area contributed by atoms with Gasteiger partial charge in [-0.25, -0.2) is 4.39 Å². The number of benzene rings is 2. The maximum absolute atomic E-state index is 13.8. The topological polar surface area (TPSA) is 30.0 Å². The molecule has 2 nitrogen and oxygen atoms in total. The second kappa shape index (κ2) is 6.84. The van der Waals surface area contributed by atoms with E-state index in [0.29, 0.717) is 16.5 Å². The number of aryl methyl sites for hydroxylation is 1. The fourth-order valence-corrected chi connectivity index (χ4v) is 4.01. The lowest BCUT2D eigenvalue weighted by atomic mass is 9.99. The fourth-order valence-electron chi connectivity index (χ4n) is 2.81. The predicted octanol–water partition coefficient (Wildman–Crippen LogP) is 6.11. The molecule has 0 spiro atoms. The van der Waals surface area contributed by atoms with Crippen LogP contribution in [0.15, 0.2) is 47.5 Å². The van der Waals surface area contributed by atoms with Crippen LogP contribution in [0.3, 0.4) is 0 Å². The van der Waals surface area contributed by atoms with Gasteiger partial charge in [-0.2, -0.15) is 0 Å². The van der Waals surface area contributed by atoms with Gasteiger partial charge in [-0.3, -0.25) is 9.78 Å². The number of rotatable bonds is 3. The van der Waals surface area contributed by atoms with Crippen molar-refractivity contribution in [2.24, 2.45) is 0 Å². The van der Waals surface area contributed by atoms with Crippen molar-refractivity contribution < 1.29 is 9.18 Å². The Hall–Kier alpha value is -2.20. The molecule has 0 saturated heterocycles. The number of carbonyl (C=O) groups excluding carboxylic acids is 1. The summed E-state index contributed by atoms with van der Waals surface area (Å²) in [6, 6.07) is 10.3. The molecule has 2 aromatic carbocycles. The molecule has 0 aliphatic carbocycles. The molecule has 0 unspecified atom stereocenters. The van der Waals surface area contributed by atoms with Gasteiger partial charge in [0.2, 0.25) is 0 Å². The number of hydrogen-bond donors (Lipinski definition) is 0. The van der Waals surface area contributed by atoms with Crippen LogP contribution in [0.2, 0.25) is 0 Å². The smallest absolute Gasteiger partial charge is 0.195 e. The molecule has 1 aromatic heterocycles. The summed E-state index contributed by atoms with van der Waals surface area (Å²) in [5.74, 6) is -0.463. The van der Waals surface area contributed by atoms with Crippen LogP contribution in [0.25, 0.3) is 10.9 Å². The number of ketones is 1. The Kier molecular flexibility index (Phi) is 4.89. The SMILES string of the molecule is Cc1ccc(C(=O)c2cnc3c(F)cccc3c2)c(SC(C)(C)C)c1C. The average Bonchev–Trinajstić information content (AvgIpc) is 2.57. The second-order valence-electron chi connectivity index (χ2n) is 7.46. The second-order valence-corrected chi connectivity index (χ2v) is 9.30. The third-order valence-electron chi connectivity index (χ3n) is 4.25. The van der Waals surface area contributed by atoms with Crippen LogP contribution < -0.4 is 0 Å². The van der Waals surface area contributed by atoms with Crippen molar-refractivity contribution in [2.45, 2.75) is 44.3 Å². The number of thioether (sulfide) groups is 1. The first-order valence-electron chi connectivity index (χ1n) is 8.55. The molecule has 4 heteroatoms. The summed E-state index contributed by atoms with van der Waals surface area (Å²) >= 11 is 1.70. The van der Waals surface area contributed by atoms with Crippen molar-refractivity contribution >= 4 is 28.4 Å². The van der Waals surface area contributed by atoms with Gasteiger partial charge in [0.1, 0.15) is 11.3 Å². The minimum atomic E-state index is -0.378. The number of fused-ring (bicyclic) bond motifs is 1. The highest BCUT2D eigenvalue weighted by molar-refractivity contribution is 8.00. The molecule has 0 bridgehead atoms. The molecule has 0 fully saturated rings. The molecule has 3 rings (SSSR count). The predicted molar refractivity (Wildman–Crippen MR) is 107 cm³/mol. The molecule has 134 valence electrons. The van der Waals surface area contributed by atoms with E-state index < -0.39 is 0 Å². The molecule has 26 heavy (non-hydrogen) atoms. The fraction of sp³-hybridized carbons (Fsp3) is 0.273. The molecular formula is C22H22FNOS. The maximum atomic E-state index is 13.8. The van der Waals surface area contributed by atoms with Crippen LogP contribution in [-0.4, -0.2) is 15.5 Å². The largest absolute Gasteiger partial charge is 0.289 e. The number of hydrogen-bond acceptors (Lipinski definition) is 3.